The number of nitrogens with zero attached hydrogens (tertiary/aromatic N) is 1. The van der Waals surface area contributed by atoms with Crippen LogP contribution in [0.1, 0.15) is 43.5 Å². The van der Waals surface area contributed by atoms with Crippen molar-refractivity contribution in [3.63, 3.8) is 0 Å². The number of unbranched alkanes of at least 4 members (excludes halogenated alkanes) is 1. The number of carbonyl (C=O) groups is 2. The average molecular weight is 346 g/mol. The zero-order chi connectivity index (χ0) is 16.5. The fourth-order valence-electron chi connectivity index (χ4n) is 1.94. The van der Waals surface area contributed by atoms with Crippen LogP contribution in [0.3, 0.4) is 0 Å². The van der Waals surface area contributed by atoms with E-state index >= 15 is 0 Å². The highest BCUT2D eigenvalue weighted by molar-refractivity contribution is 6.42. The van der Waals surface area contributed by atoms with Gasteiger partial charge in [-0.15, -0.1) is 0 Å². The van der Waals surface area contributed by atoms with E-state index in [0.717, 1.165) is 12.8 Å². The Bertz CT molecular complexity index is 520. The van der Waals surface area contributed by atoms with Gasteiger partial charge in [-0.3, -0.25) is 9.59 Å². The molecule has 1 rings (SSSR count). The van der Waals surface area contributed by atoms with Crippen LogP contribution in [0.15, 0.2) is 18.2 Å². The van der Waals surface area contributed by atoms with E-state index in [1.165, 1.54) is 0 Å². The highest BCUT2D eigenvalue weighted by Gasteiger charge is 2.17. The van der Waals surface area contributed by atoms with E-state index in [1.807, 2.05) is 6.92 Å². The number of hydrogen-bond acceptors (Lipinski definition) is 3. The molecular formula is C16H21Cl2NO3. The second-order valence-electron chi connectivity index (χ2n) is 4.83. The molecule has 0 N–H and O–H groups in total. The molecule has 0 saturated heterocycles. The molecule has 0 spiro atoms. The average Bonchev–Trinajstić information content (AvgIpc) is 2.50. The fourth-order valence-corrected chi connectivity index (χ4v) is 2.23. The first-order chi connectivity index (χ1) is 10.5. The molecule has 0 aliphatic heterocycles. The van der Waals surface area contributed by atoms with Crippen molar-refractivity contribution in [2.45, 2.75) is 33.1 Å². The lowest BCUT2D eigenvalue weighted by molar-refractivity contribution is -0.143. The molecule has 4 nitrogen and oxygen atoms in total. The maximum absolute atomic E-state index is 12.6. The van der Waals surface area contributed by atoms with E-state index < -0.39 is 0 Å². The Morgan fingerprint density at radius 2 is 1.86 bits per heavy atom. The van der Waals surface area contributed by atoms with Gasteiger partial charge in [0.05, 0.1) is 23.1 Å². The Labute approximate surface area is 141 Å². The molecule has 0 bridgehead atoms. The molecule has 0 heterocycles. The second kappa shape index (κ2) is 9.70. The summed E-state index contributed by atoms with van der Waals surface area (Å²) in [4.78, 5) is 25.7. The zero-order valence-corrected chi connectivity index (χ0v) is 14.4. The number of rotatable bonds is 8. The molecule has 0 aliphatic carbocycles. The minimum atomic E-state index is -0.300. The number of amides is 1. The van der Waals surface area contributed by atoms with Gasteiger partial charge < -0.3 is 9.64 Å². The Balaban J connectivity index is 2.78. The van der Waals surface area contributed by atoms with Gasteiger partial charge in [0, 0.05) is 18.7 Å². The number of carbonyl (C=O) groups excluding carboxylic acids is 2. The van der Waals surface area contributed by atoms with E-state index in [0.29, 0.717) is 35.3 Å². The quantitative estimate of drug-likeness (QED) is 0.663. The van der Waals surface area contributed by atoms with Crippen molar-refractivity contribution in [1.29, 1.82) is 0 Å². The lowest BCUT2D eigenvalue weighted by atomic mass is 10.1. The molecule has 0 atom stereocenters. The minimum absolute atomic E-state index is 0.156. The molecule has 0 unspecified atom stereocenters. The van der Waals surface area contributed by atoms with Gasteiger partial charge in [-0.2, -0.15) is 0 Å². The number of ether oxygens (including phenoxy) is 1. The SMILES string of the molecule is CCCCN(CCC(=O)OCC)C(=O)c1ccc(Cl)c(Cl)c1. The first-order valence-corrected chi connectivity index (χ1v) is 8.15. The van der Waals surface area contributed by atoms with Gasteiger partial charge >= 0.3 is 5.97 Å². The summed E-state index contributed by atoms with van der Waals surface area (Å²) in [5.41, 5.74) is 0.467. The molecule has 0 aromatic heterocycles. The van der Waals surface area contributed by atoms with Crippen molar-refractivity contribution in [2.75, 3.05) is 19.7 Å². The maximum Gasteiger partial charge on any atom is 0.307 e. The van der Waals surface area contributed by atoms with Crippen LogP contribution in [0, 0.1) is 0 Å². The van der Waals surface area contributed by atoms with Crippen molar-refractivity contribution >= 4 is 35.1 Å². The third kappa shape index (κ3) is 5.85. The van der Waals surface area contributed by atoms with Crippen molar-refractivity contribution in [1.82, 2.24) is 4.90 Å². The third-order valence-corrected chi connectivity index (χ3v) is 3.87. The summed E-state index contributed by atoms with van der Waals surface area (Å²) in [5.74, 6) is -0.456. The molecule has 22 heavy (non-hydrogen) atoms. The summed E-state index contributed by atoms with van der Waals surface area (Å²) in [7, 11) is 0. The topological polar surface area (TPSA) is 46.6 Å². The Hall–Kier alpha value is -1.26. The Morgan fingerprint density at radius 3 is 2.45 bits per heavy atom. The van der Waals surface area contributed by atoms with Crippen LogP contribution in [-0.4, -0.2) is 36.5 Å². The summed E-state index contributed by atoms with van der Waals surface area (Å²) in [6.07, 6.45) is 2.02. The van der Waals surface area contributed by atoms with E-state index in [-0.39, 0.29) is 18.3 Å². The monoisotopic (exact) mass is 345 g/mol. The molecule has 0 saturated carbocycles. The van der Waals surface area contributed by atoms with Crippen molar-refractivity contribution < 1.29 is 14.3 Å². The summed E-state index contributed by atoms with van der Waals surface area (Å²) >= 11 is 11.8. The van der Waals surface area contributed by atoms with Crippen LogP contribution in [-0.2, 0) is 9.53 Å². The predicted octanol–water partition coefficient (Wildman–Crippen LogP) is 4.19. The molecule has 0 fully saturated rings. The molecule has 1 aromatic carbocycles. The number of hydrogen-bond donors (Lipinski definition) is 0. The van der Waals surface area contributed by atoms with Gasteiger partial charge in [-0.25, -0.2) is 0 Å². The second-order valence-corrected chi connectivity index (χ2v) is 5.64. The van der Waals surface area contributed by atoms with E-state index in [9.17, 15) is 9.59 Å². The smallest absolute Gasteiger partial charge is 0.307 e. The van der Waals surface area contributed by atoms with Crippen LogP contribution in [0.25, 0.3) is 0 Å². The van der Waals surface area contributed by atoms with E-state index in [2.05, 4.69) is 0 Å². The van der Waals surface area contributed by atoms with Crippen molar-refractivity contribution in [3.8, 4) is 0 Å². The van der Waals surface area contributed by atoms with Gasteiger partial charge in [-0.05, 0) is 31.5 Å². The Morgan fingerprint density at radius 1 is 1.14 bits per heavy atom. The molecule has 122 valence electrons. The molecule has 1 aromatic rings. The standard InChI is InChI=1S/C16H21Cl2NO3/c1-3-5-9-19(10-8-15(20)22-4-2)16(21)12-6-7-13(17)14(18)11-12/h6-7,11H,3-5,8-10H2,1-2H3. The normalized spacial score (nSPS) is 10.4. The van der Waals surface area contributed by atoms with E-state index in [1.54, 1.807) is 30.0 Å². The van der Waals surface area contributed by atoms with Gasteiger partial charge in [0.2, 0.25) is 0 Å². The molecular weight excluding hydrogens is 325 g/mol. The largest absolute Gasteiger partial charge is 0.466 e. The van der Waals surface area contributed by atoms with E-state index in [4.69, 9.17) is 27.9 Å². The molecule has 6 heteroatoms. The summed E-state index contributed by atoms with van der Waals surface area (Å²) in [6, 6.07) is 4.79. The molecule has 0 radical (unpaired) electrons. The van der Waals surface area contributed by atoms with Crippen LogP contribution in [0.5, 0.6) is 0 Å². The number of esters is 1. The predicted molar refractivity (Wildman–Crippen MR) is 88.5 cm³/mol. The molecule has 1 amide bonds. The lowest BCUT2D eigenvalue weighted by Crippen LogP contribution is -2.34. The third-order valence-electron chi connectivity index (χ3n) is 3.13. The highest BCUT2D eigenvalue weighted by Crippen LogP contribution is 2.23. The number of benzene rings is 1. The van der Waals surface area contributed by atoms with Gasteiger partial charge in [0.25, 0.3) is 5.91 Å². The molecule has 0 aliphatic rings. The number of halogens is 2. The fraction of sp³-hybridized carbons (Fsp3) is 0.500. The first-order valence-electron chi connectivity index (χ1n) is 7.39. The first kappa shape index (κ1) is 18.8. The van der Waals surface area contributed by atoms with Crippen LogP contribution >= 0.6 is 23.2 Å². The zero-order valence-electron chi connectivity index (χ0n) is 12.9. The van der Waals surface area contributed by atoms with Crippen molar-refractivity contribution in [3.05, 3.63) is 33.8 Å². The minimum Gasteiger partial charge on any atom is -0.466 e. The Kier molecular flexibility index (Phi) is 8.28. The van der Waals surface area contributed by atoms with Crippen LogP contribution < -0.4 is 0 Å². The van der Waals surface area contributed by atoms with Crippen LogP contribution in [0.4, 0.5) is 0 Å². The highest BCUT2D eigenvalue weighted by atomic mass is 35.5. The summed E-state index contributed by atoms with van der Waals surface area (Å²) in [5, 5.41) is 0.748. The lowest BCUT2D eigenvalue weighted by Gasteiger charge is -2.22. The summed E-state index contributed by atoms with van der Waals surface area (Å²) in [6.45, 7) is 5.07. The van der Waals surface area contributed by atoms with Gasteiger partial charge in [0.15, 0.2) is 0 Å². The van der Waals surface area contributed by atoms with Gasteiger partial charge in [0.1, 0.15) is 0 Å². The maximum atomic E-state index is 12.6. The summed E-state index contributed by atoms with van der Waals surface area (Å²) < 4.78 is 4.90. The van der Waals surface area contributed by atoms with Crippen molar-refractivity contribution in [2.24, 2.45) is 0 Å². The van der Waals surface area contributed by atoms with Gasteiger partial charge in [-0.1, -0.05) is 36.5 Å². The van der Waals surface area contributed by atoms with Crippen LogP contribution in [0.2, 0.25) is 10.0 Å².